The first-order valence-electron chi connectivity index (χ1n) is 6.73. The van der Waals surface area contributed by atoms with E-state index in [1.165, 1.54) is 11.8 Å². The molecule has 1 amide bonds. The smallest absolute Gasteiger partial charge is 0.266 e. The molecule has 2 heterocycles. The Morgan fingerprint density at radius 3 is 2.73 bits per heavy atom. The van der Waals surface area contributed by atoms with Gasteiger partial charge >= 0.3 is 0 Å². The van der Waals surface area contributed by atoms with Crippen LogP contribution in [-0.2, 0) is 11.3 Å². The Morgan fingerprint density at radius 1 is 1.18 bits per heavy atom. The Hall–Kier alpha value is -2.11. The summed E-state index contributed by atoms with van der Waals surface area (Å²) in [5.41, 5.74) is 1.06. The Bertz CT molecular complexity index is 733. The molecule has 1 aliphatic heterocycles. The number of amides is 1. The number of carbonyl (C=O) groups excluding carboxylic acids is 1. The van der Waals surface area contributed by atoms with Crippen molar-refractivity contribution in [3.05, 3.63) is 77.1 Å². The monoisotopic (exact) mass is 327 g/mol. The fourth-order valence-corrected chi connectivity index (χ4v) is 3.24. The van der Waals surface area contributed by atoms with Crippen molar-refractivity contribution in [1.82, 2.24) is 4.90 Å². The van der Waals surface area contributed by atoms with Crippen LogP contribution in [0.25, 0.3) is 6.08 Å². The number of hydrogen-bond donors (Lipinski definition) is 0. The van der Waals surface area contributed by atoms with Crippen LogP contribution >= 0.6 is 24.0 Å². The van der Waals surface area contributed by atoms with E-state index in [2.05, 4.69) is 0 Å². The van der Waals surface area contributed by atoms with Gasteiger partial charge in [0.2, 0.25) is 0 Å². The topological polar surface area (TPSA) is 33.5 Å². The van der Waals surface area contributed by atoms with E-state index >= 15 is 0 Å². The lowest BCUT2D eigenvalue weighted by Gasteiger charge is -2.14. The van der Waals surface area contributed by atoms with E-state index in [0.717, 1.165) is 11.3 Å². The molecular formula is C17H13NO2S2. The summed E-state index contributed by atoms with van der Waals surface area (Å²) in [7, 11) is 0. The van der Waals surface area contributed by atoms with Crippen LogP contribution in [0.15, 0.2) is 70.2 Å². The zero-order valence-electron chi connectivity index (χ0n) is 11.6. The molecule has 1 saturated heterocycles. The molecular weight excluding hydrogens is 314 g/mol. The minimum Gasteiger partial charge on any atom is -0.465 e. The molecule has 22 heavy (non-hydrogen) atoms. The van der Waals surface area contributed by atoms with Gasteiger partial charge in [0.05, 0.1) is 17.7 Å². The van der Waals surface area contributed by atoms with Crippen molar-refractivity contribution in [2.24, 2.45) is 0 Å². The second kappa shape index (κ2) is 6.77. The first-order valence-corrected chi connectivity index (χ1v) is 7.96. The van der Waals surface area contributed by atoms with E-state index in [0.29, 0.717) is 15.8 Å². The van der Waals surface area contributed by atoms with E-state index in [1.54, 1.807) is 23.3 Å². The zero-order valence-corrected chi connectivity index (χ0v) is 13.3. The molecule has 0 radical (unpaired) electrons. The van der Waals surface area contributed by atoms with Gasteiger partial charge in [-0.1, -0.05) is 60.4 Å². The largest absolute Gasteiger partial charge is 0.465 e. The van der Waals surface area contributed by atoms with Crippen LogP contribution < -0.4 is 0 Å². The van der Waals surface area contributed by atoms with Crippen molar-refractivity contribution in [3.63, 3.8) is 0 Å². The highest BCUT2D eigenvalue weighted by Crippen LogP contribution is 2.32. The lowest BCUT2D eigenvalue weighted by Crippen LogP contribution is -2.27. The minimum absolute atomic E-state index is 0.0528. The average Bonchev–Trinajstić information content (AvgIpc) is 3.13. The molecule has 1 aliphatic rings. The highest BCUT2D eigenvalue weighted by atomic mass is 32.2. The van der Waals surface area contributed by atoms with E-state index in [4.69, 9.17) is 16.6 Å². The van der Waals surface area contributed by atoms with Gasteiger partial charge in [0.1, 0.15) is 10.1 Å². The highest BCUT2D eigenvalue weighted by Gasteiger charge is 2.31. The summed E-state index contributed by atoms with van der Waals surface area (Å²) in [5, 5.41) is 0. The summed E-state index contributed by atoms with van der Waals surface area (Å²) in [4.78, 5) is 14.7. The number of furan rings is 1. The van der Waals surface area contributed by atoms with Crippen molar-refractivity contribution in [2.45, 2.75) is 6.54 Å². The van der Waals surface area contributed by atoms with Crippen LogP contribution in [0.2, 0.25) is 0 Å². The molecule has 0 unspecified atom stereocenters. The number of thioether (sulfide) groups is 1. The van der Waals surface area contributed by atoms with Crippen molar-refractivity contribution in [2.75, 3.05) is 0 Å². The van der Waals surface area contributed by atoms with E-state index in [1.807, 2.05) is 48.5 Å². The number of thiocarbonyl (C=S) groups is 1. The molecule has 0 bridgehead atoms. The van der Waals surface area contributed by atoms with Gasteiger partial charge in [-0.3, -0.25) is 9.69 Å². The number of allylic oxidation sites excluding steroid dienone is 2. The van der Waals surface area contributed by atoms with Gasteiger partial charge in [0.25, 0.3) is 5.91 Å². The summed E-state index contributed by atoms with van der Waals surface area (Å²) in [6.07, 6.45) is 6.99. The molecule has 0 atom stereocenters. The zero-order chi connectivity index (χ0) is 15.4. The van der Waals surface area contributed by atoms with Gasteiger partial charge in [0.15, 0.2) is 0 Å². The third kappa shape index (κ3) is 3.37. The fraction of sp³-hybridized carbons (Fsp3) is 0.0588. The molecule has 0 spiro atoms. The quantitative estimate of drug-likeness (QED) is 0.621. The van der Waals surface area contributed by atoms with Crippen LogP contribution in [-0.4, -0.2) is 15.1 Å². The summed E-state index contributed by atoms with van der Waals surface area (Å²) >= 11 is 6.63. The number of nitrogens with zero attached hydrogens (tertiary/aromatic N) is 1. The second-order valence-corrected chi connectivity index (χ2v) is 6.33. The number of carbonyl (C=O) groups is 1. The normalized spacial score (nSPS) is 17.1. The molecule has 1 aromatic heterocycles. The third-order valence-corrected chi connectivity index (χ3v) is 4.50. The van der Waals surface area contributed by atoms with Gasteiger partial charge in [-0.05, 0) is 29.8 Å². The van der Waals surface area contributed by atoms with Crippen molar-refractivity contribution in [3.8, 4) is 0 Å². The molecule has 0 saturated carbocycles. The van der Waals surface area contributed by atoms with Gasteiger partial charge < -0.3 is 4.42 Å². The molecule has 110 valence electrons. The van der Waals surface area contributed by atoms with Crippen LogP contribution in [0, 0.1) is 0 Å². The lowest BCUT2D eigenvalue weighted by molar-refractivity contribution is -0.122. The van der Waals surface area contributed by atoms with Crippen LogP contribution in [0.5, 0.6) is 0 Å². The van der Waals surface area contributed by atoms with Gasteiger partial charge in [-0.15, -0.1) is 0 Å². The Balaban J connectivity index is 1.71. The minimum atomic E-state index is -0.0528. The van der Waals surface area contributed by atoms with Crippen LogP contribution in [0.1, 0.15) is 11.3 Å². The third-order valence-electron chi connectivity index (χ3n) is 3.11. The molecule has 3 nitrogen and oxygen atoms in total. The molecule has 5 heteroatoms. The highest BCUT2D eigenvalue weighted by molar-refractivity contribution is 8.26. The first-order chi connectivity index (χ1) is 10.7. The summed E-state index contributed by atoms with van der Waals surface area (Å²) in [5.74, 6) is 0.693. The standard InChI is InChI=1S/C17H13NO2S2/c19-16-15(10-4-8-14-9-5-11-20-14)22-17(21)18(16)12-13-6-2-1-3-7-13/h1-11H,12H2. The predicted molar refractivity (Wildman–Crippen MR) is 93.0 cm³/mol. The maximum Gasteiger partial charge on any atom is 0.266 e. The number of hydrogen-bond acceptors (Lipinski definition) is 4. The first kappa shape index (κ1) is 14.8. The van der Waals surface area contributed by atoms with Gasteiger partial charge in [0, 0.05) is 0 Å². The van der Waals surface area contributed by atoms with Gasteiger partial charge in [-0.25, -0.2) is 0 Å². The molecule has 3 rings (SSSR count). The Labute approximate surface area is 138 Å². The number of benzene rings is 1. The van der Waals surface area contributed by atoms with Gasteiger partial charge in [-0.2, -0.15) is 0 Å². The fourth-order valence-electron chi connectivity index (χ4n) is 2.03. The SMILES string of the molecule is O=C1C(=CC=Cc2ccco2)SC(=S)N1Cc1ccccc1. The van der Waals surface area contributed by atoms with Crippen molar-refractivity contribution < 1.29 is 9.21 Å². The molecule has 0 aliphatic carbocycles. The van der Waals surface area contributed by atoms with E-state index < -0.39 is 0 Å². The number of rotatable bonds is 4. The van der Waals surface area contributed by atoms with Crippen molar-refractivity contribution in [1.29, 1.82) is 0 Å². The molecule has 0 N–H and O–H groups in total. The molecule has 1 aromatic carbocycles. The van der Waals surface area contributed by atoms with Crippen molar-refractivity contribution >= 4 is 40.3 Å². The van der Waals surface area contributed by atoms with Crippen LogP contribution in [0.3, 0.4) is 0 Å². The molecule has 1 fully saturated rings. The average molecular weight is 327 g/mol. The Kier molecular flexibility index (Phi) is 4.56. The van der Waals surface area contributed by atoms with Crippen LogP contribution in [0.4, 0.5) is 0 Å². The van der Waals surface area contributed by atoms with E-state index in [-0.39, 0.29) is 5.91 Å². The molecule has 2 aromatic rings. The maximum atomic E-state index is 12.4. The Morgan fingerprint density at radius 2 is 2.00 bits per heavy atom. The summed E-state index contributed by atoms with van der Waals surface area (Å²) < 4.78 is 5.79. The summed E-state index contributed by atoms with van der Waals surface area (Å²) in [6.45, 7) is 0.505. The lowest BCUT2D eigenvalue weighted by atomic mass is 10.2. The summed E-state index contributed by atoms with van der Waals surface area (Å²) in [6, 6.07) is 13.5. The predicted octanol–water partition coefficient (Wildman–Crippen LogP) is 4.24. The van der Waals surface area contributed by atoms with E-state index in [9.17, 15) is 4.79 Å². The maximum absolute atomic E-state index is 12.4. The second-order valence-electron chi connectivity index (χ2n) is 4.65.